The molecule has 96 valence electrons. The topological polar surface area (TPSA) is 27.1 Å². The van der Waals surface area contributed by atoms with Crippen molar-refractivity contribution in [1.29, 1.82) is 0 Å². The minimum Gasteiger partial charge on any atom is -0.487 e. The lowest BCUT2D eigenvalue weighted by molar-refractivity contribution is 0.301. The molecule has 0 bridgehead atoms. The Morgan fingerprint density at radius 3 is 2.50 bits per heavy atom. The number of imidazole rings is 1. The number of aromatic nitrogens is 2. The highest BCUT2D eigenvalue weighted by molar-refractivity contribution is 6.30. The third-order valence-corrected chi connectivity index (χ3v) is 2.98. The van der Waals surface area contributed by atoms with Crippen LogP contribution in [0.1, 0.15) is 31.4 Å². The summed E-state index contributed by atoms with van der Waals surface area (Å²) < 4.78 is 7.80. The molecule has 0 fully saturated rings. The fourth-order valence-electron chi connectivity index (χ4n) is 1.83. The van der Waals surface area contributed by atoms with E-state index >= 15 is 0 Å². The molecule has 0 unspecified atom stereocenters. The van der Waals surface area contributed by atoms with Gasteiger partial charge in [-0.15, -0.1) is 0 Å². The molecule has 18 heavy (non-hydrogen) atoms. The average molecular weight is 265 g/mol. The van der Waals surface area contributed by atoms with E-state index in [0.29, 0.717) is 17.7 Å². The maximum absolute atomic E-state index is 5.82. The molecule has 1 aromatic heterocycles. The Bertz CT molecular complexity index is 517. The van der Waals surface area contributed by atoms with E-state index in [4.69, 9.17) is 16.3 Å². The fourth-order valence-corrected chi connectivity index (χ4v) is 1.95. The van der Waals surface area contributed by atoms with E-state index in [-0.39, 0.29) is 0 Å². The molecule has 3 nitrogen and oxygen atoms in total. The SMILES string of the molecule is Cc1nc(COc2ccc(Cl)cc2)cn1C(C)C. The smallest absolute Gasteiger partial charge is 0.132 e. The second kappa shape index (κ2) is 5.44. The molecule has 0 N–H and O–H groups in total. The molecule has 0 atom stereocenters. The van der Waals surface area contributed by atoms with Crippen LogP contribution < -0.4 is 4.74 Å². The van der Waals surface area contributed by atoms with Crippen molar-refractivity contribution in [3.05, 3.63) is 47.0 Å². The molecule has 0 aliphatic heterocycles. The predicted octanol–water partition coefficient (Wildman–Crippen LogP) is 4.00. The number of hydrogen-bond donors (Lipinski definition) is 0. The van der Waals surface area contributed by atoms with Gasteiger partial charge in [-0.2, -0.15) is 0 Å². The van der Waals surface area contributed by atoms with Gasteiger partial charge in [-0.1, -0.05) is 11.6 Å². The minimum atomic E-state index is 0.418. The highest BCUT2D eigenvalue weighted by Gasteiger charge is 2.07. The van der Waals surface area contributed by atoms with Gasteiger partial charge < -0.3 is 9.30 Å². The lowest BCUT2D eigenvalue weighted by Crippen LogP contribution is -2.00. The van der Waals surface area contributed by atoms with Crippen molar-refractivity contribution >= 4 is 11.6 Å². The van der Waals surface area contributed by atoms with Crippen LogP contribution in [-0.4, -0.2) is 9.55 Å². The summed E-state index contributed by atoms with van der Waals surface area (Å²) >= 11 is 5.82. The lowest BCUT2D eigenvalue weighted by atomic mass is 10.3. The van der Waals surface area contributed by atoms with E-state index in [1.165, 1.54) is 0 Å². The molecule has 2 rings (SSSR count). The zero-order chi connectivity index (χ0) is 13.1. The Morgan fingerprint density at radius 2 is 1.94 bits per heavy atom. The van der Waals surface area contributed by atoms with Crippen molar-refractivity contribution in [3.63, 3.8) is 0 Å². The van der Waals surface area contributed by atoms with Crippen molar-refractivity contribution in [2.45, 2.75) is 33.4 Å². The maximum Gasteiger partial charge on any atom is 0.132 e. The summed E-state index contributed by atoms with van der Waals surface area (Å²) in [6.07, 6.45) is 2.04. The Labute approximate surface area is 112 Å². The first-order valence-electron chi connectivity index (χ1n) is 5.99. The standard InChI is InChI=1S/C14H17ClN2O/c1-10(2)17-8-13(16-11(17)3)9-18-14-6-4-12(15)5-7-14/h4-8,10H,9H2,1-3H3. The van der Waals surface area contributed by atoms with Crippen molar-refractivity contribution < 1.29 is 4.74 Å². The summed E-state index contributed by atoms with van der Waals surface area (Å²) in [5.74, 6) is 1.82. The normalized spacial score (nSPS) is 10.9. The molecule has 2 aromatic rings. The average Bonchev–Trinajstić information content (AvgIpc) is 2.70. The lowest BCUT2D eigenvalue weighted by Gasteiger charge is -2.07. The Hall–Kier alpha value is -1.48. The minimum absolute atomic E-state index is 0.418. The van der Waals surface area contributed by atoms with Gasteiger partial charge in [0.2, 0.25) is 0 Å². The molecule has 1 heterocycles. The van der Waals surface area contributed by atoms with Gasteiger partial charge in [0.25, 0.3) is 0 Å². The van der Waals surface area contributed by atoms with Gasteiger partial charge in [-0.05, 0) is 45.0 Å². The second-order valence-corrected chi connectivity index (χ2v) is 4.96. The summed E-state index contributed by atoms with van der Waals surface area (Å²) in [5.41, 5.74) is 0.941. The van der Waals surface area contributed by atoms with Crippen molar-refractivity contribution in [3.8, 4) is 5.75 Å². The largest absolute Gasteiger partial charge is 0.487 e. The summed E-state index contributed by atoms with van der Waals surface area (Å²) in [6, 6.07) is 7.76. The van der Waals surface area contributed by atoms with Gasteiger partial charge in [0.05, 0.1) is 5.69 Å². The van der Waals surface area contributed by atoms with E-state index in [9.17, 15) is 0 Å². The summed E-state index contributed by atoms with van der Waals surface area (Å²) in [6.45, 7) is 6.75. The summed E-state index contributed by atoms with van der Waals surface area (Å²) in [5, 5.41) is 0.710. The van der Waals surface area contributed by atoms with Gasteiger partial charge in [0, 0.05) is 17.3 Å². The monoisotopic (exact) mass is 264 g/mol. The molecule has 0 aliphatic carbocycles. The number of benzene rings is 1. The zero-order valence-corrected chi connectivity index (χ0v) is 11.6. The number of aryl methyl sites for hydroxylation is 1. The van der Waals surface area contributed by atoms with E-state index in [1.807, 2.05) is 37.4 Å². The van der Waals surface area contributed by atoms with Crippen LogP contribution in [0.15, 0.2) is 30.5 Å². The number of ether oxygens (including phenoxy) is 1. The van der Waals surface area contributed by atoms with Gasteiger partial charge in [-0.3, -0.25) is 0 Å². The second-order valence-electron chi connectivity index (χ2n) is 4.52. The van der Waals surface area contributed by atoms with Gasteiger partial charge in [0.15, 0.2) is 0 Å². The highest BCUT2D eigenvalue weighted by Crippen LogP contribution is 2.17. The van der Waals surface area contributed by atoms with Crippen LogP contribution in [0, 0.1) is 6.92 Å². The van der Waals surface area contributed by atoms with Crippen molar-refractivity contribution in [2.75, 3.05) is 0 Å². The quantitative estimate of drug-likeness (QED) is 0.834. The Kier molecular flexibility index (Phi) is 3.92. The molecular weight excluding hydrogens is 248 g/mol. The third-order valence-electron chi connectivity index (χ3n) is 2.72. The van der Waals surface area contributed by atoms with Crippen LogP contribution in [0.4, 0.5) is 0 Å². The molecule has 4 heteroatoms. The molecule has 0 radical (unpaired) electrons. The first-order valence-corrected chi connectivity index (χ1v) is 6.37. The van der Waals surface area contributed by atoms with Gasteiger partial charge in [-0.25, -0.2) is 4.98 Å². The van der Waals surface area contributed by atoms with Gasteiger partial charge >= 0.3 is 0 Å². The first kappa shape index (κ1) is 13.0. The summed E-state index contributed by atoms with van der Waals surface area (Å²) in [4.78, 5) is 4.48. The van der Waals surface area contributed by atoms with Crippen LogP contribution in [0.25, 0.3) is 0 Å². The van der Waals surface area contributed by atoms with Crippen molar-refractivity contribution in [1.82, 2.24) is 9.55 Å². The fraction of sp³-hybridized carbons (Fsp3) is 0.357. The van der Waals surface area contributed by atoms with Crippen LogP contribution >= 0.6 is 11.6 Å². The number of nitrogens with zero attached hydrogens (tertiary/aromatic N) is 2. The van der Waals surface area contributed by atoms with E-state index in [0.717, 1.165) is 17.3 Å². The van der Waals surface area contributed by atoms with Crippen LogP contribution in [0.3, 0.4) is 0 Å². The summed E-state index contributed by atoms with van der Waals surface area (Å²) in [7, 11) is 0. The van der Waals surface area contributed by atoms with Crippen LogP contribution in [-0.2, 0) is 6.61 Å². The Morgan fingerprint density at radius 1 is 1.28 bits per heavy atom. The van der Waals surface area contributed by atoms with Crippen LogP contribution in [0.2, 0.25) is 5.02 Å². The maximum atomic E-state index is 5.82. The first-order chi connectivity index (χ1) is 8.56. The highest BCUT2D eigenvalue weighted by atomic mass is 35.5. The molecule has 1 aromatic carbocycles. The molecule has 0 saturated carbocycles. The predicted molar refractivity (Wildman–Crippen MR) is 73.1 cm³/mol. The van der Waals surface area contributed by atoms with E-state index in [1.54, 1.807) is 0 Å². The molecule has 0 amide bonds. The van der Waals surface area contributed by atoms with E-state index < -0.39 is 0 Å². The third kappa shape index (κ3) is 3.05. The number of hydrogen-bond acceptors (Lipinski definition) is 2. The Balaban J connectivity index is 2.02. The number of halogens is 1. The molecular formula is C14H17ClN2O. The molecule has 0 spiro atoms. The molecule has 0 saturated heterocycles. The molecule has 0 aliphatic rings. The van der Waals surface area contributed by atoms with E-state index in [2.05, 4.69) is 23.4 Å². The van der Waals surface area contributed by atoms with Gasteiger partial charge in [0.1, 0.15) is 18.2 Å². The number of rotatable bonds is 4. The van der Waals surface area contributed by atoms with Crippen LogP contribution in [0.5, 0.6) is 5.75 Å². The zero-order valence-electron chi connectivity index (χ0n) is 10.9. The van der Waals surface area contributed by atoms with Crippen molar-refractivity contribution in [2.24, 2.45) is 0 Å².